The molecule has 3 aromatic heterocycles. The summed E-state index contributed by atoms with van der Waals surface area (Å²) in [6, 6.07) is 13.9. The van der Waals surface area contributed by atoms with Gasteiger partial charge < -0.3 is 15.1 Å². The molecule has 0 amide bonds. The number of anilines is 3. The number of hydrogen-bond donors (Lipinski definition) is 1. The van der Waals surface area contributed by atoms with Crippen LogP contribution in [0.15, 0.2) is 65.8 Å². The predicted molar refractivity (Wildman–Crippen MR) is 148 cm³/mol. The van der Waals surface area contributed by atoms with E-state index in [1.54, 1.807) is 35.0 Å². The fourth-order valence-electron chi connectivity index (χ4n) is 4.79. The van der Waals surface area contributed by atoms with Crippen molar-refractivity contribution in [3.05, 3.63) is 81.5 Å². The number of likely N-dealkylation sites (N-methyl/N-ethyl adjacent to an activating group) is 1. The van der Waals surface area contributed by atoms with Crippen LogP contribution in [0.5, 0.6) is 0 Å². The second-order valence-electron chi connectivity index (χ2n) is 9.26. The van der Waals surface area contributed by atoms with Gasteiger partial charge in [-0.05, 0) is 56.9 Å². The summed E-state index contributed by atoms with van der Waals surface area (Å²) in [7, 11) is 4.26. The third-order valence-electron chi connectivity index (χ3n) is 6.79. The standard InChI is InChI=1S/C26H24Cl2N8O/c1-33(2)18-10-12-34(15-18)17-8-6-16(7-9-17)31-25-30-14-19-23(32-25)35-13-11-29-26(35)36(24(19)37)22-20(27)4-3-5-21(22)28/h3-9,11,13-14,18H,10,12,15H2,1-2H3,(H,30,31,32)/t18-/m0/s1. The molecular formula is C26H24Cl2N8O. The Morgan fingerprint density at radius 1 is 1.05 bits per heavy atom. The SMILES string of the molecule is CN(C)[C@H]1CCN(c2ccc(Nc3ncc4c(=O)n(-c5c(Cl)cccc5Cl)c5nccn5c4n3)cc2)C1. The van der Waals surface area contributed by atoms with Gasteiger partial charge in [-0.3, -0.25) is 9.20 Å². The van der Waals surface area contributed by atoms with Crippen molar-refractivity contribution < 1.29 is 0 Å². The number of aromatic nitrogens is 5. The molecular weight excluding hydrogens is 511 g/mol. The molecule has 1 saturated heterocycles. The van der Waals surface area contributed by atoms with E-state index in [0.717, 1.165) is 25.2 Å². The lowest BCUT2D eigenvalue weighted by Crippen LogP contribution is -2.31. The topological polar surface area (TPSA) is 83.6 Å². The third kappa shape index (κ3) is 4.19. The van der Waals surface area contributed by atoms with Crippen molar-refractivity contribution in [2.24, 2.45) is 0 Å². The molecule has 0 spiro atoms. The zero-order valence-electron chi connectivity index (χ0n) is 20.3. The molecule has 0 bridgehead atoms. The molecule has 0 radical (unpaired) electrons. The maximum atomic E-state index is 13.5. The van der Waals surface area contributed by atoms with Crippen LogP contribution in [-0.4, -0.2) is 62.0 Å². The largest absolute Gasteiger partial charge is 0.370 e. The second-order valence-corrected chi connectivity index (χ2v) is 10.1. The summed E-state index contributed by atoms with van der Waals surface area (Å²) in [4.78, 5) is 31.6. The highest BCUT2D eigenvalue weighted by Crippen LogP contribution is 2.29. The highest BCUT2D eigenvalue weighted by atomic mass is 35.5. The summed E-state index contributed by atoms with van der Waals surface area (Å²) in [5.74, 6) is 0.722. The minimum atomic E-state index is -0.360. The molecule has 6 rings (SSSR count). The number of halogens is 2. The smallest absolute Gasteiger partial charge is 0.270 e. The van der Waals surface area contributed by atoms with E-state index < -0.39 is 0 Å². The average molecular weight is 535 g/mol. The van der Waals surface area contributed by atoms with Gasteiger partial charge in [0.25, 0.3) is 5.56 Å². The molecule has 0 saturated carbocycles. The van der Waals surface area contributed by atoms with E-state index in [9.17, 15) is 4.79 Å². The number of rotatable bonds is 5. The van der Waals surface area contributed by atoms with Crippen molar-refractivity contribution in [1.82, 2.24) is 28.8 Å². The van der Waals surface area contributed by atoms with Crippen LogP contribution in [0.25, 0.3) is 22.5 Å². The highest BCUT2D eigenvalue weighted by molar-refractivity contribution is 6.37. The molecule has 1 aliphatic heterocycles. The van der Waals surface area contributed by atoms with Crippen LogP contribution in [-0.2, 0) is 0 Å². The van der Waals surface area contributed by atoms with Gasteiger partial charge in [-0.25, -0.2) is 14.5 Å². The van der Waals surface area contributed by atoms with Crippen LogP contribution in [0.4, 0.5) is 17.3 Å². The molecule has 1 aliphatic rings. The molecule has 188 valence electrons. The predicted octanol–water partition coefficient (Wildman–Crippen LogP) is 4.62. The fourth-order valence-corrected chi connectivity index (χ4v) is 5.36. The Kier molecular flexibility index (Phi) is 5.98. The van der Waals surface area contributed by atoms with Gasteiger partial charge >= 0.3 is 0 Å². The van der Waals surface area contributed by atoms with Crippen LogP contribution < -0.4 is 15.8 Å². The minimum Gasteiger partial charge on any atom is -0.370 e. The number of fused-ring (bicyclic) bond motifs is 3. The summed E-state index contributed by atoms with van der Waals surface area (Å²) in [6.07, 6.45) is 6.00. The van der Waals surface area contributed by atoms with E-state index in [4.69, 9.17) is 23.2 Å². The molecule has 1 N–H and O–H groups in total. The van der Waals surface area contributed by atoms with Gasteiger partial charge in [-0.2, -0.15) is 4.98 Å². The summed E-state index contributed by atoms with van der Waals surface area (Å²) < 4.78 is 3.11. The molecule has 2 aromatic carbocycles. The Morgan fingerprint density at radius 2 is 1.81 bits per heavy atom. The molecule has 5 aromatic rings. The Bertz CT molecular complexity index is 1660. The van der Waals surface area contributed by atoms with Crippen LogP contribution in [0.3, 0.4) is 0 Å². The van der Waals surface area contributed by atoms with E-state index in [-0.39, 0.29) is 5.56 Å². The molecule has 11 heteroatoms. The monoisotopic (exact) mass is 534 g/mol. The van der Waals surface area contributed by atoms with Crippen molar-refractivity contribution >= 4 is 57.3 Å². The third-order valence-corrected chi connectivity index (χ3v) is 7.40. The van der Waals surface area contributed by atoms with Crippen LogP contribution in [0, 0.1) is 0 Å². The first-order valence-electron chi connectivity index (χ1n) is 11.9. The van der Waals surface area contributed by atoms with Crippen molar-refractivity contribution in [2.45, 2.75) is 12.5 Å². The molecule has 0 aliphatic carbocycles. The molecule has 1 atom stereocenters. The van der Waals surface area contributed by atoms with Gasteiger partial charge in [0.2, 0.25) is 11.7 Å². The lowest BCUT2D eigenvalue weighted by molar-refractivity contribution is 0.315. The normalized spacial score (nSPS) is 15.8. The fraction of sp³-hybridized carbons (Fsp3) is 0.231. The molecule has 1 fully saturated rings. The van der Waals surface area contributed by atoms with Crippen molar-refractivity contribution in [3.63, 3.8) is 0 Å². The first kappa shape index (κ1) is 23.7. The van der Waals surface area contributed by atoms with E-state index in [2.05, 4.69) is 56.3 Å². The van der Waals surface area contributed by atoms with Crippen molar-refractivity contribution in [1.29, 1.82) is 0 Å². The van der Waals surface area contributed by atoms with E-state index in [1.165, 1.54) is 16.5 Å². The maximum absolute atomic E-state index is 13.5. The second kappa shape index (κ2) is 9.33. The van der Waals surface area contributed by atoms with Gasteiger partial charge in [0.15, 0.2) is 5.65 Å². The zero-order chi connectivity index (χ0) is 25.7. The Hall–Kier alpha value is -3.66. The van der Waals surface area contributed by atoms with E-state index in [1.807, 2.05) is 12.1 Å². The molecule has 37 heavy (non-hydrogen) atoms. The van der Waals surface area contributed by atoms with E-state index >= 15 is 0 Å². The first-order valence-corrected chi connectivity index (χ1v) is 12.6. The van der Waals surface area contributed by atoms with Gasteiger partial charge in [0.1, 0.15) is 5.39 Å². The van der Waals surface area contributed by atoms with Crippen LogP contribution in [0.2, 0.25) is 10.0 Å². The Balaban J connectivity index is 1.34. The number of nitrogens with zero attached hydrogens (tertiary/aromatic N) is 7. The number of imidazole rings is 1. The first-order chi connectivity index (χ1) is 17.9. The summed E-state index contributed by atoms with van der Waals surface area (Å²) in [5, 5.41) is 4.24. The molecule has 4 heterocycles. The quantitative estimate of drug-likeness (QED) is 0.352. The van der Waals surface area contributed by atoms with E-state index in [0.29, 0.717) is 44.5 Å². The Morgan fingerprint density at radius 3 is 2.51 bits per heavy atom. The number of benzene rings is 2. The average Bonchev–Trinajstić information content (AvgIpc) is 3.57. The lowest BCUT2D eigenvalue weighted by Gasteiger charge is -2.22. The van der Waals surface area contributed by atoms with Gasteiger partial charge in [-0.1, -0.05) is 29.3 Å². The Labute approximate surface area is 222 Å². The van der Waals surface area contributed by atoms with Gasteiger partial charge in [-0.15, -0.1) is 0 Å². The lowest BCUT2D eigenvalue weighted by atomic mass is 10.2. The number of para-hydroxylation sites is 1. The zero-order valence-corrected chi connectivity index (χ0v) is 21.8. The number of hydrogen-bond acceptors (Lipinski definition) is 7. The molecule has 0 unspecified atom stereocenters. The molecule has 9 nitrogen and oxygen atoms in total. The highest BCUT2D eigenvalue weighted by Gasteiger charge is 2.24. The maximum Gasteiger partial charge on any atom is 0.270 e. The number of nitrogens with one attached hydrogen (secondary N) is 1. The van der Waals surface area contributed by atoms with Crippen molar-refractivity contribution in [2.75, 3.05) is 37.4 Å². The summed E-state index contributed by atoms with van der Waals surface area (Å²) in [6.45, 7) is 2.06. The summed E-state index contributed by atoms with van der Waals surface area (Å²) >= 11 is 12.8. The van der Waals surface area contributed by atoms with Crippen LogP contribution in [0.1, 0.15) is 6.42 Å². The van der Waals surface area contributed by atoms with Crippen molar-refractivity contribution in [3.8, 4) is 5.69 Å². The van der Waals surface area contributed by atoms with Gasteiger partial charge in [0.05, 0.1) is 15.7 Å². The van der Waals surface area contributed by atoms with Gasteiger partial charge in [0, 0.05) is 49.1 Å². The van der Waals surface area contributed by atoms with Crippen LogP contribution >= 0.6 is 23.2 Å². The summed E-state index contributed by atoms with van der Waals surface area (Å²) in [5.41, 5.74) is 2.47. The minimum absolute atomic E-state index is 0.312.